The zero-order valence-corrected chi connectivity index (χ0v) is 17.9. The minimum absolute atomic E-state index is 0.232. The first-order valence-electron chi connectivity index (χ1n) is 10.0. The van der Waals surface area contributed by atoms with E-state index in [9.17, 15) is 13.6 Å². The van der Waals surface area contributed by atoms with Crippen LogP contribution >= 0.6 is 11.8 Å². The molecule has 0 N–H and O–H groups in total. The highest BCUT2D eigenvalue weighted by Gasteiger charge is 2.12. The van der Waals surface area contributed by atoms with Crippen LogP contribution in [0.1, 0.15) is 22.3 Å². The van der Waals surface area contributed by atoms with Gasteiger partial charge in [0.15, 0.2) is 5.16 Å². The molecule has 32 heavy (non-hydrogen) atoms. The predicted molar refractivity (Wildman–Crippen MR) is 119 cm³/mol. The van der Waals surface area contributed by atoms with Crippen molar-refractivity contribution < 1.29 is 8.78 Å². The molecular weight excluding hydrogens is 430 g/mol. The first-order valence-corrected chi connectivity index (χ1v) is 11.0. The minimum Gasteiger partial charge on any atom is -0.327 e. The maximum Gasteiger partial charge on any atom is 0.277 e. The molecule has 0 saturated heterocycles. The Hall–Kier alpha value is -3.39. The van der Waals surface area contributed by atoms with Crippen LogP contribution in [0.3, 0.4) is 0 Å². The van der Waals surface area contributed by atoms with Crippen molar-refractivity contribution in [2.45, 2.75) is 30.3 Å². The maximum atomic E-state index is 14.1. The van der Waals surface area contributed by atoms with Crippen molar-refractivity contribution in [3.05, 3.63) is 118 Å². The van der Waals surface area contributed by atoms with Crippen molar-refractivity contribution >= 4 is 11.8 Å². The van der Waals surface area contributed by atoms with E-state index in [0.29, 0.717) is 29.2 Å². The molecule has 0 amide bonds. The lowest BCUT2D eigenvalue weighted by Crippen LogP contribution is -2.20. The average Bonchev–Trinajstić information content (AvgIpc) is 2.80. The zero-order valence-electron chi connectivity index (χ0n) is 17.1. The third-order valence-corrected chi connectivity index (χ3v) is 5.93. The molecule has 4 aromatic rings. The Kier molecular flexibility index (Phi) is 7.01. The molecule has 5 nitrogen and oxygen atoms in total. The molecule has 2 aromatic heterocycles. The summed E-state index contributed by atoms with van der Waals surface area (Å²) in [6.07, 6.45) is 7.69. The molecule has 0 spiro atoms. The highest BCUT2D eigenvalue weighted by molar-refractivity contribution is 7.98. The number of aromatic nitrogens is 4. The molecule has 0 aliphatic carbocycles. The standard InChI is InChI=1S/C24H20F2N4OS/c25-21-7-6-19(22(26)11-21)15-32-24-29-23(31)20(10-18-12-27-16-28-13-18)14-30(24)9-8-17-4-2-1-3-5-17/h1-7,11-14,16H,8-10,15H2. The van der Waals surface area contributed by atoms with Gasteiger partial charge >= 0.3 is 0 Å². The number of thioether (sulfide) groups is 1. The number of aryl methyl sites for hydroxylation is 2. The molecule has 0 aliphatic heterocycles. The second kappa shape index (κ2) is 10.3. The van der Waals surface area contributed by atoms with Gasteiger partial charge in [0.1, 0.15) is 18.0 Å². The SMILES string of the molecule is O=c1nc(SCc2ccc(F)cc2F)n(CCc2ccccc2)cc1Cc1cncnc1. The maximum absolute atomic E-state index is 14.1. The lowest BCUT2D eigenvalue weighted by atomic mass is 10.1. The van der Waals surface area contributed by atoms with Crippen LogP contribution in [-0.2, 0) is 25.1 Å². The Morgan fingerprint density at radius 3 is 2.47 bits per heavy atom. The molecule has 0 bridgehead atoms. The molecule has 0 fully saturated rings. The fourth-order valence-corrected chi connectivity index (χ4v) is 4.21. The topological polar surface area (TPSA) is 60.7 Å². The largest absolute Gasteiger partial charge is 0.327 e. The van der Waals surface area contributed by atoms with Crippen LogP contribution in [0, 0.1) is 11.6 Å². The van der Waals surface area contributed by atoms with Gasteiger partial charge in [-0.25, -0.2) is 18.7 Å². The minimum atomic E-state index is -0.622. The van der Waals surface area contributed by atoms with Gasteiger partial charge in [0.25, 0.3) is 5.56 Å². The molecule has 0 aliphatic rings. The summed E-state index contributed by atoms with van der Waals surface area (Å²) in [6, 6.07) is 13.5. The second-order valence-corrected chi connectivity index (χ2v) is 8.17. The van der Waals surface area contributed by atoms with Gasteiger partial charge in [-0.05, 0) is 29.2 Å². The van der Waals surface area contributed by atoms with E-state index in [1.54, 1.807) is 18.6 Å². The fraction of sp³-hybridized carbons (Fsp3) is 0.167. The van der Waals surface area contributed by atoms with Crippen molar-refractivity contribution in [3.8, 4) is 0 Å². The summed E-state index contributed by atoms with van der Waals surface area (Å²) in [5, 5.41) is 0.489. The number of hydrogen-bond donors (Lipinski definition) is 0. The van der Waals surface area contributed by atoms with Gasteiger partial charge in [-0.2, -0.15) is 4.98 Å². The van der Waals surface area contributed by atoms with Crippen LogP contribution in [-0.4, -0.2) is 19.5 Å². The molecule has 2 aromatic carbocycles. The summed E-state index contributed by atoms with van der Waals surface area (Å²) in [5.74, 6) is -1.00. The van der Waals surface area contributed by atoms with Gasteiger partial charge < -0.3 is 4.57 Å². The summed E-state index contributed by atoms with van der Waals surface area (Å²) >= 11 is 1.25. The van der Waals surface area contributed by atoms with Gasteiger partial charge in [-0.3, -0.25) is 4.79 Å². The summed E-state index contributed by atoms with van der Waals surface area (Å²) in [4.78, 5) is 25.0. The Morgan fingerprint density at radius 1 is 0.938 bits per heavy atom. The molecule has 0 atom stereocenters. The first kappa shape index (κ1) is 21.8. The van der Waals surface area contributed by atoms with E-state index >= 15 is 0 Å². The summed E-state index contributed by atoms with van der Waals surface area (Å²) < 4.78 is 29.2. The second-order valence-electron chi connectivity index (χ2n) is 7.23. The molecule has 4 rings (SSSR count). The van der Waals surface area contributed by atoms with Crippen LogP contribution < -0.4 is 5.56 Å². The zero-order chi connectivity index (χ0) is 22.3. The lowest BCUT2D eigenvalue weighted by molar-refractivity contribution is 0.576. The molecular formula is C24H20F2N4OS. The molecule has 8 heteroatoms. The number of halogens is 2. The van der Waals surface area contributed by atoms with Crippen LogP contribution in [0.2, 0.25) is 0 Å². The normalized spacial score (nSPS) is 10.9. The third-order valence-electron chi connectivity index (χ3n) is 4.89. The highest BCUT2D eigenvalue weighted by atomic mass is 32.2. The van der Waals surface area contributed by atoms with Crippen molar-refractivity contribution in [2.24, 2.45) is 0 Å². The van der Waals surface area contributed by atoms with E-state index in [4.69, 9.17) is 0 Å². The third kappa shape index (κ3) is 5.64. The van der Waals surface area contributed by atoms with Gasteiger partial charge in [-0.1, -0.05) is 48.2 Å². The van der Waals surface area contributed by atoms with Crippen LogP contribution in [0.5, 0.6) is 0 Å². The monoisotopic (exact) mass is 450 g/mol. The Morgan fingerprint density at radius 2 is 1.72 bits per heavy atom. The Balaban J connectivity index is 1.60. The molecule has 0 radical (unpaired) electrons. The van der Waals surface area contributed by atoms with Gasteiger partial charge in [0, 0.05) is 48.9 Å². The molecule has 2 heterocycles. The van der Waals surface area contributed by atoms with Gasteiger partial charge in [-0.15, -0.1) is 0 Å². The molecule has 0 unspecified atom stereocenters. The summed E-state index contributed by atoms with van der Waals surface area (Å²) in [6.45, 7) is 0.601. The first-order chi connectivity index (χ1) is 15.6. The number of benzene rings is 2. The predicted octanol–water partition coefficient (Wildman–Crippen LogP) is 4.44. The fourth-order valence-electron chi connectivity index (χ4n) is 3.23. The molecule has 0 saturated carbocycles. The van der Waals surface area contributed by atoms with E-state index in [0.717, 1.165) is 23.6 Å². The van der Waals surface area contributed by atoms with E-state index < -0.39 is 11.6 Å². The van der Waals surface area contributed by atoms with Gasteiger partial charge in [0.2, 0.25) is 0 Å². The van der Waals surface area contributed by atoms with E-state index in [1.165, 1.54) is 30.2 Å². The van der Waals surface area contributed by atoms with E-state index in [-0.39, 0.29) is 11.3 Å². The van der Waals surface area contributed by atoms with E-state index in [1.807, 2.05) is 34.9 Å². The smallest absolute Gasteiger partial charge is 0.277 e. The van der Waals surface area contributed by atoms with Crippen molar-refractivity contribution in [1.29, 1.82) is 0 Å². The quantitative estimate of drug-likeness (QED) is 0.293. The lowest BCUT2D eigenvalue weighted by Gasteiger charge is -2.14. The van der Waals surface area contributed by atoms with Crippen LogP contribution in [0.25, 0.3) is 0 Å². The Labute approximate surface area is 188 Å². The van der Waals surface area contributed by atoms with Crippen molar-refractivity contribution in [2.75, 3.05) is 0 Å². The highest BCUT2D eigenvalue weighted by Crippen LogP contribution is 2.23. The Bertz CT molecular complexity index is 1250. The van der Waals surface area contributed by atoms with Crippen LogP contribution in [0.15, 0.2) is 83.4 Å². The van der Waals surface area contributed by atoms with Gasteiger partial charge in [0.05, 0.1) is 0 Å². The van der Waals surface area contributed by atoms with E-state index in [2.05, 4.69) is 15.0 Å². The summed E-state index contributed by atoms with van der Waals surface area (Å²) in [5.41, 5.74) is 2.52. The van der Waals surface area contributed by atoms with Crippen molar-refractivity contribution in [3.63, 3.8) is 0 Å². The van der Waals surface area contributed by atoms with Crippen molar-refractivity contribution in [1.82, 2.24) is 19.5 Å². The summed E-state index contributed by atoms with van der Waals surface area (Å²) in [7, 11) is 0. The number of nitrogens with zero attached hydrogens (tertiary/aromatic N) is 4. The van der Waals surface area contributed by atoms with Crippen LogP contribution in [0.4, 0.5) is 8.78 Å². The number of hydrogen-bond acceptors (Lipinski definition) is 5. The number of rotatable bonds is 8. The average molecular weight is 451 g/mol. The molecule has 162 valence electrons.